The van der Waals surface area contributed by atoms with Crippen LogP contribution in [0.25, 0.3) is 10.8 Å². The zero-order valence-corrected chi connectivity index (χ0v) is 11.4. The van der Waals surface area contributed by atoms with E-state index in [1.807, 2.05) is 36.4 Å². The quantitative estimate of drug-likeness (QED) is 0.841. The summed E-state index contributed by atoms with van der Waals surface area (Å²) in [7, 11) is 0. The number of carbonyl (C=O) groups excluding carboxylic acids is 1. The molecule has 0 spiro atoms. The van der Waals surface area contributed by atoms with Gasteiger partial charge >= 0.3 is 5.97 Å². The van der Waals surface area contributed by atoms with E-state index in [4.69, 9.17) is 4.74 Å². The Hall–Kier alpha value is -1.87. The third-order valence-corrected chi connectivity index (χ3v) is 2.75. The average molecular weight is 258 g/mol. The standard InChI is InChI=1S/C16H18O3/c1-16(2,3)19-15(18)14(17)13-10-6-8-11-7-4-5-9-12(11)13/h4-10,14,17H,1-3H3/t14-/m1/s1. The van der Waals surface area contributed by atoms with Gasteiger partial charge in [-0.25, -0.2) is 4.79 Å². The molecule has 0 fully saturated rings. The highest BCUT2D eigenvalue weighted by atomic mass is 16.6. The number of hydrogen-bond acceptors (Lipinski definition) is 3. The largest absolute Gasteiger partial charge is 0.458 e. The molecular weight excluding hydrogens is 240 g/mol. The predicted molar refractivity (Wildman–Crippen MR) is 74.8 cm³/mol. The zero-order chi connectivity index (χ0) is 14.0. The van der Waals surface area contributed by atoms with Crippen molar-refractivity contribution in [2.45, 2.75) is 32.5 Å². The first-order valence-corrected chi connectivity index (χ1v) is 6.27. The highest BCUT2D eigenvalue weighted by molar-refractivity contribution is 5.90. The van der Waals surface area contributed by atoms with Crippen LogP contribution in [0.2, 0.25) is 0 Å². The van der Waals surface area contributed by atoms with E-state index in [0.29, 0.717) is 5.56 Å². The second kappa shape index (κ2) is 5.02. The summed E-state index contributed by atoms with van der Waals surface area (Å²) in [4.78, 5) is 11.9. The van der Waals surface area contributed by atoms with Crippen LogP contribution < -0.4 is 0 Å². The lowest BCUT2D eigenvalue weighted by Crippen LogP contribution is -2.27. The van der Waals surface area contributed by atoms with Gasteiger partial charge in [0.25, 0.3) is 0 Å². The minimum Gasteiger partial charge on any atom is -0.458 e. The Morgan fingerprint density at radius 3 is 2.42 bits per heavy atom. The normalized spacial score (nSPS) is 13.3. The van der Waals surface area contributed by atoms with Crippen molar-refractivity contribution in [2.75, 3.05) is 0 Å². The Kier molecular flexibility index (Phi) is 3.58. The lowest BCUT2D eigenvalue weighted by atomic mass is 10.0. The van der Waals surface area contributed by atoms with E-state index in [-0.39, 0.29) is 0 Å². The summed E-state index contributed by atoms with van der Waals surface area (Å²) >= 11 is 0. The molecule has 3 nitrogen and oxygen atoms in total. The molecule has 1 N–H and O–H groups in total. The molecule has 0 heterocycles. The van der Waals surface area contributed by atoms with Crippen molar-refractivity contribution in [2.24, 2.45) is 0 Å². The number of aliphatic hydroxyl groups excluding tert-OH is 1. The number of esters is 1. The van der Waals surface area contributed by atoms with E-state index in [1.54, 1.807) is 26.8 Å². The van der Waals surface area contributed by atoms with Gasteiger partial charge < -0.3 is 9.84 Å². The van der Waals surface area contributed by atoms with Crippen molar-refractivity contribution in [1.82, 2.24) is 0 Å². The first-order chi connectivity index (χ1) is 8.88. The molecule has 0 saturated carbocycles. The van der Waals surface area contributed by atoms with E-state index in [0.717, 1.165) is 10.8 Å². The van der Waals surface area contributed by atoms with Crippen LogP contribution in [-0.4, -0.2) is 16.7 Å². The van der Waals surface area contributed by atoms with Gasteiger partial charge in [-0.1, -0.05) is 42.5 Å². The molecule has 100 valence electrons. The van der Waals surface area contributed by atoms with Crippen LogP contribution >= 0.6 is 0 Å². The number of carbonyl (C=O) groups is 1. The first kappa shape index (κ1) is 13.6. The summed E-state index contributed by atoms with van der Waals surface area (Å²) in [6, 6.07) is 13.2. The summed E-state index contributed by atoms with van der Waals surface area (Å²) in [5, 5.41) is 12.0. The molecule has 1 atom stereocenters. The number of hydrogen-bond donors (Lipinski definition) is 1. The molecule has 0 saturated heterocycles. The molecular formula is C16H18O3. The van der Waals surface area contributed by atoms with Crippen LogP contribution in [0.4, 0.5) is 0 Å². The lowest BCUT2D eigenvalue weighted by molar-refractivity contribution is -0.165. The van der Waals surface area contributed by atoms with Crippen LogP contribution in [0.3, 0.4) is 0 Å². The number of fused-ring (bicyclic) bond motifs is 1. The number of rotatable bonds is 2. The molecule has 0 bridgehead atoms. The first-order valence-electron chi connectivity index (χ1n) is 6.27. The molecule has 19 heavy (non-hydrogen) atoms. The molecule has 0 radical (unpaired) electrons. The fourth-order valence-electron chi connectivity index (χ4n) is 1.97. The molecule has 0 aliphatic carbocycles. The molecule has 2 aromatic carbocycles. The maximum absolute atomic E-state index is 11.9. The van der Waals surface area contributed by atoms with Crippen LogP contribution in [0.5, 0.6) is 0 Å². The van der Waals surface area contributed by atoms with E-state index in [1.165, 1.54) is 0 Å². The monoisotopic (exact) mass is 258 g/mol. The Labute approximate surface area is 112 Å². The Morgan fingerprint density at radius 1 is 1.11 bits per heavy atom. The van der Waals surface area contributed by atoms with E-state index >= 15 is 0 Å². The van der Waals surface area contributed by atoms with Crippen molar-refractivity contribution in [1.29, 1.82) is 0 Å². The van der Waals surface area contributed by atoms with Crippen LogP contribution in [0.15, 0.2) is 42.5 Å². The van der Waals surface area contributed by atoms with Gasteiger partial charge in [0.1, 0.15) is 5.60 Å². The lowest BCUT2D eigenvalue weighted by Gasteiger charge is -2.22. The minimum absolute atomic E-state index is 0.576. The summed E-state index contributed by atoms with van der Waals surface area (Å²) in [6.45, 7) is 5.34. The van der Waals surface area contributed by atoms with Gasteiger partial charge in [0.15, 0.2) is 6.10 Å². The third-order valence-electron chi connectivity index (χ3n) is 2.75. The second-order valence-electron chi connectivity index (χ2n) is 5.50. The maximum atomic E-state index is 11.9. The molecule has 2 rings (SSSR count). The van der Waals surface area contributed by atoms with Crippen molar-refractivity contribution < 1.29 is 14.6 Å². The molecule has 0 aliphatic heterocycles. The smallest absolute Gasteiger partial charge is 0.340 e. The Balaban J connectivity index is 2.36. The van der Waals surface area contributed by atoms with Gasteiger partial charge in [0.05, 0.1) is 0 Å². The van der Waals surface area contributed by atoms with Gasteiger partial charge in [0, 0.05) is 0 Å². The number of ether oxygens (including phenoxy) is 1. The van der Waals surface area contributed by atoms with Gasteiger partial charge in [-0.05, 0) is 37.1 Å². The molecule has 0 aliphatic rings. The van der Waals surface area contributed by atoms with E-state index in [2.05, 4.69) is 0 Å². The number of aliphatic hydroxyl groups is 1. The predicted octanol–water partition coefficient (Wildman–Crippen LogP) is 3.21. The van der Waals surface area contributed by atoms with Crippen LogP contribution in [0.1, 0.15) is 32.4 Å². The fourth-order valence-corrected chi connectivity index (χ4v) is 1.97. The minimum atomic E-state index is -1.26. The van der Waals surface area contributed by atoms with Gasteiger partial charge in [-0.3, -0.25) is 0 Å². The summed E-state index contributed by atoms with van der Waals surface area (Å²) in [5.74, 6) is -0.621. The second-order valence-corrected chi connectivity index (χ2v) is 5.50. The van der Waals surface area contributed by atoms with Crippen molar-refractivity contribution in [3.63, 3.8) is 0 Å². The molecule has 0 aromatic heterocycles. The summed E-state index contributed by atoms with van der Waals surface area (Å²) in [6.07, 6.45) is -1.26. The summed E-state index contributed by atoms with van der Waals surface area (Å²) in [5.41, 5.74) is -0.0322. The van der Waals surface area contributed by atoms with Crippen LogP contribution in [-0.2, 0) is 9.53 Å². The molecule has 0 amide bonds. The number of benzene rings is 2. The van der Waals surface area contributed by atoms with E-state index in [9.17, 15) is 9.90 Å². The average Bonchev–Trinajstić information content (AvgIpc) is 2.35. The highest BCUT2D eigenvalue weighted by Crippen LogP contribution is 2.26. The van der Waals surface area contributed by atoms with Gasteiger partial charge in [-0.15, -0.1) is 0 Å². The van der Waals surface area contributed by atoms with Gasteiger partial charge in [-0.2, -0.15) is 0 Å². The van der Waals surface area contributed by atoms with Gasteiger partial charge in [0.2, 0.25) is 0 Å². The van der Waals surface area contributed by atoms with Crippen molar-refractivity contribution >= 4 is 16.7 Å². The fraction of sp³-hybridized carbons (Fsp3) is 0.312. The topological polar surface area (TPSA) is 46.5 Å². The molecule has 2 aromatic rings. The molecule has 0 unspecified atom stereocenters. The van der Waals surface area contributed by atoms with Crippen molar-refractivity contribution in [3.8, 4) is 0 Å². The molecule has 3 heteroatoms. The third kappa shape index (κ3) is 3.12. The summed E-state index contributed by atoms with van der Waals surface area (Å²) < 4.78 is 5.21. The Bertz CT molecular complexity index is 591. The zero-order valence-electron chi connectivity index (χ0n) is 11.4. The van der Waals surface area contributed by atoms with Crippen molar-refractivity contribution in [3.05, 3.63) is 48.0 Å². The highest BCUT2D eigenvalue weighted by Gasteiger charge is 2.25. The SMILES string of the molecule is CC(C)(C)OC(=O)[C@H](O)c1cccc2ccccc12. The maximum Gasteiger partial charge on any atom is 0.340 e. The Morgan fingerprint density at radius 2 is 1.74 bits per heavy atom. The van der Waals surface area contributed by atoms with Crippen LogP contribution in [0, 0.1) is 0 Å². The van der Waals surface area contributed by atoms with E-state index < -0.39 is 17.7 Å².